The molecule has 1 aliphatic rings. The molecule has 7 heteroatoms. The van der Waals surface area contributed by atoms with E-state index in [1.807, 2.05) is 13.1 Å². The lowest BCUT2D eigenvalue weighted by molar-refractivity contribution is 0.311. The van der Waals surface area contributed by atoms with Crippen molar-refractivity contribution in [2.75, 3.05) is 29.8 Å². The number of rotatable bonds is 3. The minimum Gasteiger partial charge on any atom is -0.489 e. The molecule has 0 saturated heterocycles. The van der Waals surface area contributed by atoms with E-state index in [-0.39, 0.29) is 0 Å². The summed E-state index contributed by atoms with van der Waals surface area (Å²) in [6.07, 6.45) is 0. The Labute approximate surface area is 121 Å². The van der Waals surface area contributed by atoms with Crippen molar-refractivity contribution in [3.05, 3.63) is 35.7 Å². The molecule has 0 saturated carbocycles. The monoisotopic (exact) mass is 310 g/mol. The summed E-state index contributed by atoms with van der Waals surface area (Å²) in [5, 5.41) is 1.74. The number of nitrogens with one attached hydrogen (secondary N) is 1. The highest BCUT2D eigenvalue weighted by molar-refractivity contribution is 7.94. The Kier molecular flexibility index (Phi) is 3.31. The van der Waals surface area contributed by atoms with Crippen molar-refractivity contribution in [2.45, 2.75) is 4.21 Å². The summed E-state index contributed by atoms with van der Waals surface area (Å²) < 4.78 is 32.7. The zero-order chi connectivity index (χ0) is 14.2. The first-order valence-electron chi connectivity index (χ1n) is 6.10. The van der Waals surface area contributed by atoms with E-state index in [0.717, 1.165) is 12.2 Å². The third-order valence-corrected chi connectivity index (χ3v) is 5.85. The number of hydrogen-bond acceptors (Lipinski definition) is 5. The minimum atomic E-state index is -3.51. The van der Waals surface area contributed by atoms with Gasteiger partial charge in [-0.2, -0.15) is 0 Å². The maximum atomic E-state index is 12.1. The number of sulfonamides is 1. The van der Waals surface area contributed by atoms with Crippen LogP contribution in [0.3, 0.4) is 0 Å². The fourth-order valence-electron chi connectivity index (χ4n) is 2.04. The van der Waals surface area contributed by atoms with Crippen LogP contribution in [0.2, 0.25) is 0 Å². The van der Waals surface area contributed by atoms with E-state index in [1.165, 1.54) is 11.3 Å². The first kappa shape index (κ1) is 13.3. The van der Waals surface area contributed by atoms with Crippen LogP contribution in [0.4, 0.5) is 11.4 Å². The van der Waals surface area contributed by atoms with Crippen LogP contribution in [0, 0.1) is 0 Å². The lowest BCUT2D eigenvalue weighted by Gasteiger charge is -2.27. The maximum Gasteiger partial charge on any atom is 0.271 e. The molecule has 3 rings (SSSR count). The molecule has 2 aromatic rings. The van der Waals surface area contributed by atoms with Crippen molar-refractivity contribution < 1.29 is 13.2 Å². The van der Waals surface area contributed by atoms with Gasteiger partial charge in [0.05, 0.1) is 17.9 Å². The minimum absolute atomic E-state index is 0.299. The Balaban J connectivity index is 1.89. The maximum absolute atomic E-state index is 12.1. The molecule has 2 heterocycles. The molecular weight excluding hydrogens is 296 g/mol. The van der Waals surface area contributed by atoms with Crippen LogP contribution in [-0.2, 0) is 10.0 Å². The molecule has 20 heavy (non-hydrogen) atoms. The number of thiophene rings is 1. The highest BCUT2D eigenvalue weighted by Crippen LogP contribution is 2.34. The van der Waals surface area contributed by atoms with Gasteiger partial charge in [-0.05, 0) is 23.6 Å². The van der Waals surface area contributed by atoms with Crippen LogP contribution in [0.15, 0.2) is 39.9 Å². The third kappa shape index (κ3) is 2.46. The van der Waals surface area contributed by atoms with E-state index in [1.54, 1.807) is 29.6 Å². The molecule has 1 aromatic carbocycles. The van der Waals surface area contributed by atoms with Crippen molar-refractivity contribution in [3.8, 4) is 5.75 Å². The highest BCUT2D eigenvalue weighted by Gasteiger charge is 2.18. The molecule has 0 spiro atoms. The van der Waals surface area contributed by atoms with Crippen LogP contribution in [0.1, 0.15) is 0 Å². The number of anilines is 2. The van der Waals surface area contributed by atoms with E-state index < -0.39 is 10.0 Å². The van der Waals surface area contributed by atoms with E-state index in [2.05, 4.69) is 9.62 Å². The van der Waals surface area contributed by atoms with Gasteiger partial charge in [-0.15, -0.1) is 11.3 Å². The molecule has 0 radical (unpaired) electrons. The number of benzene rings is 1. The summed E-state index contributed by atoms with van der Waals surface area (Å²) in [5.74, 6) is 0.699. The van der Waals surface area contributed by atoms with Crippen molar-refractivity contribution in [1.29, 1.82) is 0 Å². The van der Waals surface area contributed by atoms with Gasteiger partial charge in [0.2, 0.25) is 0 Å². The number of likely N-dealkylation sites (N-methyl/N-ethyl adjacent to an activating group) is 1. The second kappa shape index (κ2) is 4.99. The Bertz CT molecular complexity index is 711. The number of ether oxygens (including phenoxy) is 1. The van der Waals surface area contributed by atoms with Gasteiger partial charge in [-0.1, -0.05) is 6.07 Å². The molecular formula is C13H14N2O3S2. The fourth-order valence-corrected chi connectivity index (χ4v) is 4.09. The third-order valence-electron chi connectivity index (χ3n) is 3.07. The largest absolute Gasteiger partial charge is 0.489 e. The van der Waals surface area contributed by atoms with Crippen molar-refractivity contribution in [2.24, 2.45) is 0 Å². The molecule has 0 bridgehead atoms. The number of hydrogen-bond donors (Lipinski definition) is 1. The van der Waals surface area contributed by atoms with Gasteiger partial charge in [-0.3, -0.25) is 4.72 Å². The van der Waals surface area contributed by atoms with E-state index in [9.17, 15) is 8.42 Å². The van der Waals surface area contributed by atoms with Gasteiger partial charge >= 0.3 is 0 Å². The molecule has 0 amide bonds. The SMILES string of the molecule is CN1CCOc2cc(NS(=O)(=O)c3cccs3)ccc21. The summed E-state index contributed by atoms with van der Waals surface area (Å²) in [5.41, 5.74) is 1.47. The molecule has 106 valence electrons. The van der Waals surface area contributed by atoms with Gasteiger partial charge in [0.15, 0.2) is 0 Å². The average molecular weight is 310 g/mol. The molecule has 1 N–H and O–H groups in total. The van der Waals surface area contributed by atoms with E-state index in [0.29, 0.717) is 22.3 Å². The average Bonchev–Trinajstić information content (AvgIpc) is 2.93. The fraction of sp³-hybridized carbons (Fsp3) is 0.231. The summed E-state index contributed by atoms with van der Waals surface area (Å²) >= 11 is 1.19. The van der Waals surface area contributed by atoms with E-state index >= 15 is 0 Å². The predicted octanol–water partition coefficient (Wildman–Crippen LogP) is 2.38. The molecule has 1 aliphatic heterocycles. The lowest BCUT2D eigenvalue weighted by atomic mass is 10.2. The standard InChI is InChI=1S/C13H14N2O3S2/c1-15-6-7-18-12-9-10(4-5-11(12)15)14-20(16,17)13-3-2-8-19-13/h2-5,8-9,14H,6-7H2,1H3. The molecule has 0 aliphatic carbocycles. The first-order chi connectivity index (χ1) is 9.56. The number of fused-ring (bicyclic) bond motifs is 1. The smallest absolute Gasteiger partial charge is 0.271 e. The van der Waals surface area contributed by atoms with Gasteiger partial charge in [0.1, 0.15) is 16.6 Å². The molecule has 5 nitrogen and oxygen atoms in total. The van der Waals surface area contributed by atoms with Crippen LogP contribution < -0.4 is 14.4 Å². The molecule has 1 aromatic heterocycles. The molecule has 0 unspecified atom stereocenters. The molecule has 0 atom stereocenters. The highest BCUT2D eigenvalue weighted by atomic mass is 32.2. The van der Waals surface area contributed by atoms with Crippen molar-refractivity contribution in [3.63, 3.8) is 0 Å². The Morgan fingerprint density at radius 3 is 2.95 bits per heavy atom. The summed E-state index contributed by atoms with van der Waals surface area (Å²) in [6.45, 7) is 1.43. The quantitative estimate of drug-likeness (QED) is 0.945. The zero-order valence-corrected chi connectivity index (χ0v) is 12.5. The normalized spacial score (nSPS) is 14.6. The van der Waals surface area contributed by atoms with Crippen LogP contribution >= 0.6 is 11.3 Å². The van der Waals surface area contributed by atoms with Gasteiger partial charge < -0.3 is 9.64 Å². The second-order valence-electron chi connectivity index (χ2n) is 4.49. The summed E-state index contributed by atoms with van der Waals surface area (Å²) in [4.78, 5) is 2.08. The molecule has 0 fully saturated rings. The van der Waals surface area contributed by atoms with E-state index in [4.69, 9.17) is 4.74 Å². The topological polar surface area (TPSA) is 58.6 Å². The van der Waals surface area contributed by atoms with Gasteiger partial charge in [0, 0.05) is 13.1 Å². The van der Waals surface area contributed by atoms with Crippen LogP contribution in [0.25, 0.3) is 0 Å². The Morgan fingerprint density at radius 1 is 1.35 bits per heavy atom. The van der Waals surface area contributed by atoms with Crippen LogP contribution in [0.5, 0.6) is 5.75 Å². The summed E-state index contributed by atoms with van der Waals surface area (Å²) in [6, 6.07) is 8.62. The summed E-state index contributed by atoms with van der Waals surface area (Å²) in [7, 11) is -1.53. The van der Waals surface area contributed by atoms with Gasteiger partial charge in [-0.25, -0.2) is 8.42 Å². The first-order valence-corrected chi connectivity index (χ1v) is 8.47. The van der Waals surface area contributed by atoms with Gasteiger partial charge in [0.25, 0.3) is 10.0 Å². The second-order valence-corrected chi connectivity index (χ2v) is 7.35. The number of nitrogens with zero attached hydrogens (tertiary/aromatic N) is 1. The zero-order valence-electron chi connectivity index (χ0n) is 10.9. The van der Waals surface area contributed by atoms with Crippen molar-refractivity contribution in [1.82, 2.24) is 0 Å². The lowest BCUT2D eigenvalue weighted by Crippen LogP contribution is -2.28. The predicted molar refractivity (Wildman–Crippen MR) is 80.3 cm³/mol. The Hall–Kier alpha value is -1.73. The van der Waals surface area contributed by atoms with Crippen molar-refractivity contribution >= 4 is 32.7 Å². The van der Waals surface area contributed by atoms with Crippen LogP contribution in [-0.4, -0.2) is 28.6 Å². The Morgan fingerprint density at radius 2 is 2.20 bits per heavy atom.